The zero-order valence-corrected chi connectivity index (χ0v) is 8.96. The third-order valence-corrected chi connectivity index (χ3v) is 2.12. The predicted molar refractivity (Wildman–Crippen MR) is 61.0 cm³/mol. The maximum atomic E-state index is 4.11. The van der Waals surface area contributed by atoms with Gasteiger partial charge >= 0.3 is 0 Å². The van der Waals surface area contributed by atoms with Gasteiger partial charge in [-0.05, 0) is 24.5 Å². The van der Waals surface area contributed by atoms with E-state index < -0.39 is 0 Å². The fourth-order valence-corrected chi connectivity index (χ4v) is 1.51. The summed E-state index contributed by atoms with van der Waals surface area (Å²) in [6.07, 6.45) is 9.43. The lowest BCUT2D eigenvalue weighted by atomic mass is 10.0. The monoisotopic (exact) mass is 220 g/mol. The van der Waals surface area contributed by atoms with Gasteiger partial charge in [-0.15, -0.1) is 24.8 Å². The van der Waals surface area contributed by atoms with Crippen LogP contribution in [0.15, 0.2) is 28.5 Å². The molecule has 0 amide bonds. The van der Waals surface area contributed by atoms with E-state index >= 15 is 0 Å². The Labute approximate surface area is 91.0 Å². The highest BCUT2D eigenvalue weighted by molar-refractivity contribution is 5.85. The van der Waals surface area contributed by atoms with Crippen molar-refractivity contribution in [2.75, 3.05) is 6.54 Å². The van der Waals surface area contributed by atoms with Crippen LogP contribution in [0.5, 0.6) is 0 Å². The first-order chi connectivity index (χ1) is 5.47. The van der Waals surface area contributed by atoms with Crippen LogP contribution < -0.4 is 5.32 Å². The zero-order chi connectivity index (χ0) is 7.52. The highest BCUT2D eigenvalue weighted by atomic mass is 35.5. The normalized spacial score (nSPS) is 19.1. The Bertz CT molecular complexity index is 244. The van der Waals surface area contributed by atoms with E-state index in [0.29, 0.717) is 0 Å². The first kappa shape index (κ1) is 12.5. The van der Waals surface area contributed by atoms with Gasteiger partial charge in [-0.1, -0.05) is 0 Å². The number of halogens is 2. The van der Waals surface area contributed by atoms with Gasteiger partial charge in [-0.2, -0.15) is 0 Å². The smallest absolute Gasteiger partial charge is 0.0351 e. The molecule has 0 atom stereocenters. The topological polar surface area (TPSA) is 24.4 Å². The molecule has 0 aromatic heterocycles. The van der Waals surface area contributed by atoms with E-state index in [1.807, 2.05) is 12.4 Å². The molecule has 0 spiro atoms. The van der Waals surface area contributed by atoms with E-state index in [0.717, 1.165) is 13.0 Å². The second-order valence-electron chi connectivity index (χ2n) is 2.90. The highest BCUT2D eigenvalue weighted by Gasteiger charge is 2.09. The summed E-state index contributed by atoms with van der Waals surface area (Å²) in [5.41, 5.74) is 2.81. The van der Waals surface area contributed by atoms with E-state index in [2.05, 4.69) is 16.4 Å². The SMILES string of the molecule is C1=CC2=C(CC=N1)CCCN2.Cl.Cl. The summed E-state index contributed by atoms with van der Waals surface area (Å²) in [5.74, 6) is 0. The maximum absolute atomic E-state index is 4.11. The largest absolute Gasteiger partial charge is 0.385 e. The van der Waals surface area contributed by atoms with E-state index in [-0.39, 0.29) is 24.8 Å². The van der Waals surface area contributed by atoms with Gasteiger partial charge in [0.2, 0.25) is 0 Å². The molecule has 2 rings (SSSR count). The van der Waals surface area contributed by atoms with Crippen molar-refractivity contribution in [3.05, 3.63) is 23.5 Å². The molecule has 0 unspecified atom stereocenters. The molecule has 4 heteroatoms. The van der Waals surface area contributed by atoms with Gasteiger partial charge in [0.25, 0.3) is 0 Å². The summed E-state index contributed by atoms with van der Waals surface area (Å²) in [7, 11) is 0. The Morgan fingerprint density at radius 1 is 1.31 bits per heavy atom. The molecular weight excluding hydrogens is 207 g/mol. The number of hydrogen-bond acceptors (Lipinski definition) is 2. The lowest BCUT2D eigenvalue weighted by Crippen LogP contribution is -2.20. The van der Waals surface area contributed by atoms with Gasteiger partial charge in [0.05, 0.1) is 0 Å². The van der Waals surface area contributed by atoms with E-state index in [1.165, 1.54) is 24.1 Å². The summed E-state index contributed by atoms with van der Waals surface area (Å²) < 4.78 is 0. The molecule has 0 fully saturated rings. The molecule has 74 valence electrons. The summed E-state index contributed by atoms with van der Waals surface area (Å²) in [6.45, 7) is 1.11. The second-order valence-corrected chi connectivity index (χ2v) is 2.90. The number of allylic oxidation sites excluding steroid dienone is 2. The Morgan fingerprint density at radius 3 is 3.00 bits per heavy atom. The van der Waals surface area contributed by atoms with Crippen molar-refractivity contribution in [2.45, 2.75) is 19.3 Å². The molecule has 2 nitrogen and oxygen atoms in total. The van der Waals surface area contributed by atoms with Crippen LogP contribution in [0.3, 0.4) is 0 Å². The molecule has 0 saturated carbocycles. The Balaban J connectivity index is 0.000000720. The van der Waals surface area contributed by atoms with Gasteiger partial charge < -0.3 is 5.32 Å². The molecule has 0 aromatic rings. The Morgan fingerprint density at radius 2 is 2.15 bits per heavy atom. The van der Waals surface area contributed by atoms with Gasteiger partial charge in [0.15, 0.2) is 0 Å². The van der Waals surface area contributed by atoms with E-state index in [1.54, 1.807) is 0 Å². The van der Waals surface area contributed by atoms with Crippen molar-refractivity contribution in [2.24, 2.45) is 4.99 Å². The summed E-state index contributed by atoms with van der Waals surface area (Å²) >= 11 is 0. The maximum Gasteiger partial charge on any atom is 0.0351 e. The molecule has 0 aromatic carbocycles. The average Bonchev–Trinajstić information content (AvgIpc) is 2.28. The number of nitrogens with zero attached hydrogens (tertiary/aromatic N) is 1. The Hall–Kier alpha value is -0.470. The molecule has 0 radical (unpaired) electrons. The third-order valence-electron chi connectivity index (χ3n) is 2.12. The number of aliphatic imine (C=N–C) groups is 1. The van der Waals surface area contributed by atoms with E-state index in [9.17, 15) is 0 Å². The minimum atomic E-state index is 0. The standard InChI is InChI=1S/C9H12N2.2ClH/c1-2-8-3-6-10-7-4-9(8)11-5-1;;/h4,6-7,11H,1-3,5H2;2*1H. The summed E-state index contributed by atoms with van der Waals surface area (Å²) in [5, 5.41) is 3.37. The second kappa shape index (κ2) is 6.06. The molecule has 0 bridgehead atoms. The van der Waals surface area contributed by atoms with Crippen LogP contribution in [-0.2, 0) is 0 Å². The number of rotatable bonds is 0. The summed E-state index contributed by atoms with van der Waals surface area (Å²) in [4.78, 5) is 4.11. The molecular formula is C9H14Cl2N2. The quantitative estimate of drug-likeness (QED) is 0.667. The number of hydrogen-bond donors (Lipinski definition) is 1. The van der Waals surface area contributed by atoms with E-state index in [4.69, 9.17) is 0 Å². The van der Waals surface area contributed by atoms with Crippen LogP contribution >= 0.6 is 24.8 Å². The van der Waals surface area contributed by atoms with Crippen molar-refractivity contribution < 1.29 is 0 Å². The molecule has 13 heavy (non-hydrogen) atoms. The fourth-order valence-electron chi connectivity index (χ4n) is 1.51. The van der Waals surface area contributed by atoms with Crippen LogP contribution in [-0.4, -0.2) is 12.8 Å². The fraction of sp³-hybridized carbons (Fsp3) is 0.444. The van der Waals surface area contributed by atoms with Crippen molar-refractivity contribution in [3.8, 4) is 0 Å². The van der Waals surface area contributed by atoms with Crippen LogP contribution in [0.4, 0.5) is 0 Å². The van der Waals surface area contributed by atoms with Gasteiger partial charge in [-0.3, -0.25) is 4.99 Å². The molecule has 0 aliphatic carbocycles. The molecule has 2 heterocycles. The van der Waals surface area contributed by atoms with Crippen molar-refractivity contribution in [1.29, 1.82) is 0 Å². The Kier molecular flexibility index (Phi) is 5.84. The van der Waals surface area contributed by atoms with Crippen molar-refractivity contribution in [1.82, 2.24) is 5.32 Å². The van der Waals surface area contributed by atoms with Crippen molar-refractivity contribution in [3.63, 3.8) is 0 Å². The summed E-state index contributed by atoms with van der Waals surface area (Å²) in [6, 6.07) is 0. The average molecular weight is 221 g/mol. The van der Waals surface area contributed by atoms with Crippen molar-refractivity contribution >= 4 is 31.0 Å². The highest BCUT2D eigenvalue weighted by Crippen LogP contribution is 2.19. The van der Waals surface area contributed by atoms with Crippen LogP contribution in [0.1, 0.15) is 19.3 Å². The van der Waals surface area contributed by atoms with Crippen LogP contribution in [0.2, 0.25) is 0 Å². The molecule has 2 aliphatic rings. The minimum Gasteiger partial charge on any atom is -0.385 e. The third kappa shape index (κ3) is 3.05. The minimum absolute atomic E-state index is 0. The lowest BCUT2D eigenvalue weighted by molar-refractivity contribution is 0.670. The van der Waals surface area contributed by atoms with Crippen LogP contribution in [0.25, 0.3) is 0 Å². The number of nitrogens with one attached hydrogen (secondary N) is 1. The first-order valence-electron chi connectivity index (χ1n) is 4.11. The predicted octanol–water partition coefficient (Wildman–Crippen LogP) is 2.46. The molecule has 0 saturated heterocycles. The first-order valence-corrected chi connectivity index (χ1v) is 4.11. The zero-order valence-electron chi connectivity index (χ0n) is 7.32. The molecule has 1 N–H and O–H groups in total. The van der Waals surface area contributed by atoms with Crippen LogP contribution in [0, 0.1) is 0 Å². The van der Waals surface area contributed by atoms with Gasteiger partial charge in [-0.25, -0.2) is 0 Å². The van der Waals surface area contributed by atoms with Gasteiger partial charge in [0.1, 0.15) is 0 Å². The molecule has 2 aliphatic heterocycles. The lowest BCUT2D eigenvalue weighted by Gasteiger charge is -2.17. The van der Waals surface area contributed by atoms with Gasteiger partial charge in [0, 0.05) is 31.1 Å².